The number of amides is 1. The number of nitrogens with zero attached hydrogens (tertiary/aromatic N) is 3. The Bertz CT molecular complexity index is 1270. The molecule has 0 saturated heterocycles. The molecule has 0 bridgehead atoms. The highest BCUT2D eigenvalue weighted by Crippen LogP contribution is 2.28. The smallest absolute Gasteiger partial charge is 0.259 e. The lowest BCUT2D eigenvalue weighted by Gasteiger charge is -2.11. The third-order valence-corrected chi connectivity index (χ3v) is 4.72. The Morgan fingerprint density at radius 3 is 2.72 bits per heavy atom. The lowest BCUT2D eigenvalue weighted by molar-refractivity contribution is 0.102. The van der Waals surface area contributed by atoms with Gasteiger partial charge < -0.3 is 15.5 Å². The summed E-state index contributed by atoms with van der Waals surface area (Å²) in [5, 5.41) is 14.3. The summed E-state index contributed by atoms with van der Waals surface area (Å²) in [5.41, 5.74) is 2.60. The van der Waals surface area contributed by atoms with Crippen LogP contribution in [0.3, 0.4) is 0 Å². The maximum absolute atomic E-state index is 14.7. The second kappa shape index (κ2) is 9.22. The molecule has 2 N–H and O–H groups in total. The second-order valence-corrected chi connectivity index (χ2v) is 6.97. The van der Waals surface area contributed by atoms with Gasteiger partial charge in [0.05, 0.1) is 22.6 Å². The van der Waals surface area contributed by atoms with Gasteiger partial charge in [-0.05, 0) is 43.3 Å². The molecule has 4 aromatic rings. The summed E-state index contributed by atoms with van der Waals surface area (Å²) in [6, 6.07) is 17.0. The van der Waals surface area contributed by atoms with E-state index in [9.17, 15) is 9.18 Å². The third-order valence-electron chi connectivity index (χ3n) is 4.72. The fraction of sp³-hybridized carbons (Fsp3) is 0.0833. The molecule has 0 aliphatic heterocycles. The molecule has 4 rings (SSSR count). The predicted octanol–water partition coefficient (Wildman–Crippen LogP) is 4.95. The van der Waals surface area contributed by atoms with E-state index in [4.69, 9.17) is 10.1 Å². The van der Waals surface area contributed by atoms with E-state index in [-0.39, 0.29) is 17.9 Å². The first-order valence-corrected chi connectivity index (χ1v) is 9.88. The van der Waals surface area contributed by atoms with E-state index in [2.05, 4.69) is 15.4 Å². The van der Waals surface area contributed by atoms with Crippen LogP contribution in [-0.4, -0.2) is 26.9 Å². The molecular formula is C24H20FN5O2. The summed E-state index contributed by atoms with van der Waals surface area (Å²) in [6.45, 7) is 1.74. The monoisotopic (exact) mass is 429 g/mol. The molecule has 0 unspecified atom stereocenters. The van der Waals surface area contributed by atoms with Crippen molar-refractivity contribution < 1.29 is 13.9 Å². The first-order chi connectivity index (χ1) is 15.5. The molecule has 2 aromatic carbocycles. The van der Waals surface area contributed by atoms with Gasteiger partial charge in [-0.25, -0.2) is 9.07 Å². The number of hydrogen-bond acceptors (Lipinski definition) is 5. The van der Waals surface area contributed by atoms with Gasteiger partial charge in [0.2, 0.25) is 0 Å². The average Bonchev–Trinajstić information content (AvgIpc) is 3.19. The van der Waals surface area contributed by atoms with Crippen LogP contribution in [0.25, 0.3) is 5.69 Å². The number of rotatable bonds is 7. The number of carbonyl (C=O) groups is 1. The summed E-state index contributed by atoms with van der Waals surface area (Å²) < 4.78 is 21.9. The summed E-state index contributed by atoms with van der Waals surface area (Å²) in [5.74, 6) is -0.659. The molecule has 8 heteroatoms. The van der Waals surface area contributed by atoms with Crippen molar-refractivity contribution in [3.05, 3.63) is 95.8 Å². The summed E-state index contributed by atoms with van der Waals surface area (Å²) in [4.78, 5) is 16.9. The summed E-state index contributed by atoms with van der Waals surface area (Å²) in [6.07, 6.45) is 4.71. The van der Waals surface area contributed by atoms with Crippen molar-refractivity contribution in [1.82, 2.24) is 14.8 Å². The number of para-hydroxylation sites is 1. The first kappa shape index (κ1) is 20.9. The van der Waals surface area contributed by atoms with Crippen LogP contribution in [-0.2, 0) is 6.42 Å². The number of aryl methyl sites for hydroxylation is 1. The van der Waals surface area contributed by atoms with Crippen LogP contribution in [0, 0.1) is 18.2 Å². The van der Waals surface area contributed by atoms with Crippen LogP contribution in [0.1, 0.15) is 21.7 Å². The minimum absolute atomic E-state index is 0.00435. The molecule has 7 nitrogen and oxygen atoms in total. The van der Waals surface area contributed by atoms with Gasteiger partial charge in [0.15, 0.2) is 11.6 Å². The van der Waals surface area contributed by atoms with E-state index < -0.39 is 11.7 Å². The number of halogens is 1. The highest BCUT2D eigenvalue weighted by atomic mass is 19.1. The van der Waals surface area contributed by atoms with E-state index in [1.54, 1.807) is 42.2 Å². The Morgan fingerprint density at radius 2 is 1.97 bits per heavy atom. The Morgan fingerprint density at radius 1 is 1.16 bits per heavy atom. The van der Waals surface area contributed by atoms with Gasteiger partial charge in [-0.15, -0.1) is 0 Å². The molecule has 0 fully saturated rings. The molecule has 2 aromatic heterocycles. The van der Waals surface area contributed by atoms with Gasteiger partial charge in [0.1, 0.15) is 5.75 Å². The highest BCUT2D eigenvalue weighted by molar-refractivity contribution is 6.05. The number of anilines is 1. The van der Waals surface area contributed by atoms with Crippen molar-refractivity contribution in [1.29, 1.82) is 5.41 Å². The molecule has 32 heavy (non-hydrogen) atoms. The molecule has 0 aliphatic carbocycles. The normalized spacial score (nSPS) is 10.6. The molecule has 2 heterocycles. The molecule has 1 amide bonds. The van der Waals surface area contributed by atoms with Crippen molar-refractivity contribution in [2.24, 2.45) is 0 Å². The molecule has 160 valence electrons. The zero-order valence-corrected chi connectivity index (χ0v) is 17.2. The van der Waals surface area contributed by atoms with E-state index in [0.717, 1.165) is 5.69 Å². The zero-order valence-electron chi connectivity index (χ0n) is 17.2. The quantitative estimate of drug-likeness (QED) is 0.407. The minimum atomic E-state index is -0.635. The Kier molecular flexibility index (Phi) is 6.03. The van der Waals surface area contributed by atoms with Crippen LogP contribution < -0.4 is 10.1 Å². The van der Waals surface area contributed by atoms with Crippen LogP contribution in [0.2, 0.25) is 0 Å². The van der Waals surface area contributed by atoms with E-state index >= 15 is 0 Å². The second-order valence-electron chi connectivity index (χ2n) is 6.97. The standard InChI is InChI=1S/C24H20FN5O2/c1-16-19(15-30(29-16)18-6-3-2-4-7-18)24(31)28-17-9-10-22(20(25)14-17)32-23-8-5-13-27-21(23)11-12-26/h2-10,12-15,26H,11H2,1H3,(H,28,31). The fourth-order valence-corrected chi connectivity index (χ4v) is 3.14. The molecule has 0 radical (unpaired) electrons. The molecular weight excluding hydrogens is 409 g/mol. The van der Waals surface area contributed by atoms with Crippen molar-refractivity contribution in [3.8, 4) is 17.2 Å². The van der Waals surface area contributed by atoms with Gasteiger partial charge in [-0.1, -0.05) is 18.2 Å². The zero-order chi connectivity index (χ0) is 22.5. The SMILES string of the molecule is Cc1nn(-c2ccccc2)cc1C(=O)Nc1ccc(Oc2cccnc2CC=N)c(F)c1. The Balaban J connectivity index is 1.50. The van der Waals surface area contributed by atoms with Gasteiger partial charge in [-0.3, -0.25) is 9.78 Å². The number of benzene rings is 2. The number of ether oxygens (including phenoxy) is 1. The Labute approximate surface area is 184 Å². The van der Waals surface area contributed by atoms with Crippen molar-refractivity contribution in [2.45, 2.75) is 13.3 Å². The minimum Gasteiger partial charge on any atom is -0.452 e. The number of pyridine rings is 1. The third kappa shape index (κ3) is 4.54. The number of nitrogens with one attached hydrogen (secondary N) is 2. The van der Waals surface area contributed by atoms with Crippen molar-refractivity contribution in [3.63, 3.8) is 0 Å². The lowest BCUT2D eigenvalue weighted by Crippen LogP contribution is -2.12. The van der Waals surface area contributed by atoms with Crippen LogP contribution in [0.15, 0.2) is 73.1 Å². The molecule has 0 aliphatic rings. The van der Waals surface area contributed by atoms with E-state index in [1.165, 1.54) is 18.3 Å². The number of carbonyl (C=O) groups excluding carboxylic acids is 1. The van der Waals surface area contributed by atoms with Crippen LogP contribution in [0.5, 0.6) is 11.5 Å². The number of hydrogen-bond donors (Lipinski definition) is 2. The van der Waals surface area contributed by atoms with Gasteiger partial charge in [0, 0.05) is 36.8 Å². The topological polar surface area (TPSA) is 92.9 Å². The summed E-state index contributed by atoms with van der Waals surface area (Å²) >= 11 is 0. The van der Waals surface area contributed by atoms with Gasteiger partial charge in [0.25, 0.3) is 5.91 Å². The maximum atomic E-state index is 14.7. The van der Waals surface area contributed by atoms with Crippen molar-refractivity contribution >= 4 is 17.8 Å². The molecule has 0 atom stereocenters. The maximum Gasteiger partial charge on any atom is 0.259 e. The van der Waals surface area contributed by atoms with Gasteiger partial charge in [-0.2, -0.15) is 5.10 Å². The lowest BCUT2D eigenvalue weighted by atomic mass is 10.2. The molecule has 0 spiro atoms. The summed E-state index contributed by atoms with van der Waals surface area (Å²) in [7, 11) is 0. The molecule has 0 saturated carbocycles. The van der Waals surface area contributed by atoms with E-state index in [1.807, 2.05) is 30.3 Å². The van der Waals surface area contributed by atoms with Crippen molar-refractivity contribution in [2.75, 3.05) is 5.32 Å². The van der Waals surface area contributed by atoms with Gasteiger partial charge >= 0.3 is 0 Å². The van der Waals surface area contributed by atoms with Crippen LogP contribution in [0.4, 0.5) is 10.1 Å². The fourth-order valence-electron chi connectivity index (χ4n) is 3.14. The average molecular weight is 429 g/mol. The predicted molar refractivity (Wildman–Crippen MR) is 119 cm³/mol. The number of aromatic nitrogens is 3. The largest absolute Gasteiger partial charge is 0.452 e. The van der Waals surface area contributed by atoms with E-state index in [0.29, 0.717) is 22.7 Å². The van der Waals surface area contributed by atoms with Crippen LogP contribution >= 0.6 is 0 Å². The Hall–Kier alpha value is -4.33. The first-order valence-electron chi connectivity index (χ1n) is 9.88. The highest BCUT2D eigenvalue weighted by Gasteiger charge is 2.16.